The summed E-state index contributed by atoms with van der Waals surface area (Å²) in [6, 6.07) is 2.18. The minimum absolute atomic E-state index is 0.323. The van der Waals surface area contributed by atoms with Crippen LogP contribution < -0.4 is 5.32 Å². The van der Waals surface area contributed by atoms with Gasteiger partial charge in [-0.15, -0.1) is 0 Å². The van der Waals surface area contributed by atoms with Crippen molar-refractivity contribution >= 4 is 17.8 Å². The molecule has 0 aliphatic rings. The van der Waals surface area contributed by atoms with Gasteiger partial charge in [0.2, 0.25) is 0 Å². The maximum absolute atomic E-state index is 13.4. The molecule has 0 radical (unpaired) electrons. The summed E-state index contributed by atoms with van der Waals surface area (Å²) in [5, 5.41) is 19.3. The molecular formula is C12H12FNO5. The highest BCUT2D eigenvalue weighted by molar-refractivity contribution is 5.97. The van der Waals surface area contributed by atoms with Gasteiger partial charge in [-0.05, 0) is 19.1 Å². The number of carboxylic acid groups (broad SMARTS) is 2. The molecule has 0 saturated heterocycles. The van der Waals surface area contributed by atoms with Crippen molar-refractivity contribution in [2.24, 2.45) is 0 Å². The van der Waals surface area contributed by atoms with Gasteiger partial charge in [0, 0.05) is 0 Å². The lowest BCUT2D eigenvalue weighted by molar-refractivity contribution is -0.145. The Bertz CT molecular complexity index is 529. The second-order valence-electron chi connectivity index (χ2n) is 3.95. The largest absolute Gasteiger partial charge is 0.481 e. The van der Waals surface area contributed by atoms with Crippen molar-refractivity contribution in [1.29, 1.82) is 0 Å². The van der Waals surface area contributed by atoms with E-state index in [1.54, 1.807) is 6.92 Å². The van der Waals surface area contributed by atoms with Crippen molar-refractivity contribution in [1.82, 2.24) is 5.32 Å². The highest BCUT2D eigenvalue weighted by atomic mass is 19.1. The zero-order valence-corrected chi connectivity index (χ0v) is 10.0. The molecule has 1 aromatic rings. The molecule has 102 valence electrons. The van der Waals surface area contributed by atoms with Crippen molar-refractivity contribution in [2.45, 2.75) is 19.4 Å². The smallest absolute Gasteiger partial charge is 0.326 e. The molecule has 0 fully saturated rings. The Balaban J connectivity index is 2.90. The van der Waals surface area contributed by atoms with E-state index in [9.17, 15) is 18.8 Å². The van der Waals surface area contributed by atoms with Gasteiger partial charge < -0.3 is 15.5 Å². The fourth-order valence-electron chi connectivity index (χ4n) is 1.42. The van der Waals surface area contributed by atoms with Gasteiger partial charge in [-0.25, -0.2) is 9.18 Å². The van der Waals surface area contributed by atoms with Crippen LogP contribution in [0.1, 0.15) is 22.3 Å². The summed E-state index contributed by atoms with van der Waals surface area (Å²) >= 11 is 0. The predicted molar refractivity (Wildman–Crippen MR) is 62.3 cm³/mol. The minimum atomic E-state index is -1.61. The molecule has 6 nitrogen and oxygen atoms in total. The Morgan fingerprint density at radius 3 is 2.47 bits per heavy atom. The van der Waals surface area contributed by atoms with Crippen LogP contribution in [0.2, 0.25) is 0 Å². The van der Waals surface area contributed by atoms with E-state index < -0.39 is 36.1 Å². The molecule has 0 aliphatic carbocycles. The van der Waals surface area contributed by atoms with Crippen LogP contribution in [-0.4, -0.2) is 34.1 Å². The highest BCUT2D eigenvalue weighted by Gasteiger charge is 2.24. The number of nitrogens with one attached hydrogen (secondary N) is 1. The number of amides is 1. The molecule has 1 rings (SSSR count). The topological polar surface area (TPSA) is 104 Å². The standard InChI is InChI=1S/C12H12FNO5/c1-6-2-3-8(13)7(4-6)11(17)14-9(12(18)19)5-10(15)16/h2-4,9H,5H2,1H3,(H,14,17)(H,15,16)(H,18,19). The zero-order chi connectivity index (χ0) is 14.6. The van der Waals surface area contributed by atoms with Crippen LogP contribution >= 0.6 is 0 Å². The van der Waals surface area contributed by atoms with Gasteiger partial charge in [-0.3, -0.25) is 9.59 Å². The van der Waals surface area contributed by atoms with Crippen molar-refractivity contribution in [3.8, 4) is 0 Å². The molecule has 1 amide bonds. The van der Waals surface area contributed by atoms with Crippen LogP contribution in [0.4, 0.5) is 4.39 Å². The van der Waals surface area contributed by atoms with Crippen LogP contribution in [-0.2, 0) is 9.59 Å². The normalized spacial score (nSPS) is 11.7. The number of carboxylic acids is 2. The fourth-order valence-corrected chi connectivity index (χ4v) is 1.42. The van der Waals surface area contributed by atoms with E-state index in [1.807, 2.05) is 5.32 Å². The van der Waals surface area contributed by atoms with Crippen LogP contribution in [0.25, 0.3) is 0 Å². The summed E-state index contributed by atoms with van der Waals surface area (Å²) in [6.45, 7) is 1.64. The maximum Gasteiger partial charge on any atom is 0.326 e. The van der Waals surface area contributed by atoms with Gasteiger partial charge in [0.15, 0.2) is 0 Å². The quantitative estimate of drug-likeness (QED) is 0.733. The first-order chi connectivity index (χ1) is 8.81. The first-order valence-corrected chi connectivity index (χ1v) is 5.33. The summed E-state index contributed by atoms with van der Waals surface area (Å²) < 4.78 is 13.4. The van der Waals surface area contributed by atoms with Gasteiger partial charge in [-0.1, -0.05) is 11.6 Å². The molecule has 0 aromatic heterocycles. The molecule has 0 aliphatic heterocycles. The van der Waals surface area contributed by atoms with E-state index in [4.69, 9.17) is 10.2 Å². The van der Waals surface area contributed by atoms with Crippen LogP contribution in [0, 0.1) is 12.7 Å². The molecular weight excluding hydrogens is 257 g/mol. The Morgan fingerprint density at radius 2 is 1.95 bits per heavy atom. The number of rotatable bonds is 5. The van der Waals surface area contributed by atoms with Crippen LogP contribution in [0.3, 0.4) is 0 Å². The number of benzene rings is 1. The summed E-state index contributed by atoms with van der Waals surface area (Å²) in [6.07, 6.45) is -0.783. The number of hydrogen-bond acceptors (Lipinski definition) is 3. The third-order valence-electron chi connectivity index (χ3n) is 2.35. The van der Waals surface area contributed by atoms with Crippen molar-refractivity contribution < 1.29 is 29.0 Å². The number of carbonyl (C=O) groups is 3. The number of hydrogen-bond donors (Lipinski definition) is 3. The minimum Gasteiger partial charge on any atom is -0.481 e. The van der Waals surface area contributed by atoms with Crippen LogP contribution in [0.5, 0.6) is 0 Å². The molecule has 0 saturated carbocycles. The second kappa shape index (κ2) is 5.94. The molecule has 0 spiro atoms. The Labute approximate surface area is 107 Å². The average Bonchev–Trinajstić information content (AvgIpc) is 2.30. The molecule has 1 atom stereocenters. The van der Waals surface area contributed by atoms with E-state index in [1.165, 1.54) is 12.1 Å². The lowest BCUT2D eigenvalue weighted by Crippen LogP contribution is -2.42. The molecule has 0 bridgehead atoms. The molecule has 0 heterocycles. The predicted octanol–water partition coefficient (Wildman–Crippen LogP) is 0.792. The molecule has 19 heavy (non-hydrogen) atoms. The second-order valence-corrected chi connectivity index (χ2v) is 3.95. The fraction of sp³-hybridized carbons (Fsp3) is 0.250. The number of halogens is 1. The van der Waals surface area contributed by atoms with E-state index in [-0.39, 0.29) is 5.56 Å². The number of aryl methyl sites for hydroxylation is 1. The van der Waals surface area contributed by atoms with E-state index >= 15 is 0 Å². The lowest BCUT2D eigenvalue weighted by atomic mass is 10.1. The van der Waals surface area contributed by atoms with E-state index in [0.29, 0.717) is 5.56 Å². The third-order valence-corrected chi connectivity index (χ3v) is 2.35. The SMILES string of the molecule is Cc1ccc(F)c(C(=O)NC(CC(=O)O)C(=O)O)c1. The number of aliphatic carboxylic acids is 2. The van der Waals surface area contributed by atoms with Crippen LogP contribution in [0.15, 0.2) is 18.2 Å². The first kappa shape index (κ1) is 14.6. The maximum atomic E-state index is 13.4. The average molecular weight is 269 g/mol. The molecule has 3 N–H and O–H groups in total. The van der Waals surface area contributed by atoms with Gasteiger partial charge in [0.1, 0.15) is 11.9 Å². The Hall–Kier alpha value is -2.44. The first-order valence-electron chi connectivity index (χ1n) is 5.33. The summed E-state index contributed by atoms with van der Waals surface area (Å²) in [4.78, 5) is 33.0. The van der Waals surface area contributed by atoms with E-state index in [2.05, 4.69) is 0 Å². The summed E-state index contributed by atoms with van der Waals surface area (Å²) in [7, 11) is 0. The third kappa shape index (κ3) is 4.06. The number of carbonyl (C=O) groups excluding carboxylic acids is 1. The molecule has 1 unspecified atom stereocenters. The van der Waals surface area contributed by atoms with Crippen molar-refractivity contribution in [3.05, 3.63) is 35.1 Å². The Kier molecular flexibility index (Phi) is 4.57. The monoisotopic (exact) mass is 269 g/mol. The Morgan fingerprint density at radius 1 is 1.32 bits per heavy atom. The van der Waals surface area contributed by atoms with Crippen molar-refractivity contribution in [2.75, 3.05) is 0 Å². The molecule has 1 aromatic carbocycles. The van der Waals surface area contributed by atoms with Gasteiger partial charge >= 0.3 is 11.9 Å². The van der Waals surface area contributed by atoms with E-state index in [0.717, 1.165) is 6.07 Å². The summed E-state index contributed by atoms with van der Waals surface area (Å²) in [5.74, 6) is -4.64. The highest BCUT2D eigenvalue weighted by Crippen LogP contribution is 2.10. The lowest BCUT2D eigenvalue weighted by Gasteiger charge is -2.13. The van der Waals surface area contributed by atoms with Gasteiger partial charge in [0.25, 0.3) is 5.91 Å². The summed E-state index contributed by atoms with van der Waals surface area (Å²) in [5.41, 5.74) is 0.299. The zero-order valence-electron chi connectivity index (χ0n) is 10.0. The van der Waals surface area contributed by atoms with Crippen molar-refractivity contribution in [3.63, 3.8) is 0 Å². The molecule has 7 heteroatoms. The van der Waals surface area contributed by atoms with Gasteiger partial charge in [-0.2, -0.15) is 0 Å². The van der Waals surface area contributed by atoms with Gasteiger partial charge in [0.05, 0.1) is 12.0 Å².